The summed E-state index contributed by atoms with van der Waals surface area (Å²) in [7, 11) is 0. The summed E-state index contributed by atoms with van der Waals surface area (Å²) < 4.78 is 11.0. The van der Waals surface area contributed by atoms with Gasteiger partial charge in [-0.2, -0.15) is 0 Å². The lowest BCUT2D eigenvalue weighted by Gasteiger charge is -2.10. The van der Waals surface area contributed by atoms with Crippen molar-refractivity contribution in [2.75, 3.05) is 18.5 Å². The van der Waals surface area contributed by atoms with Crippen LogP contribution >= 0.6 is 11.3 Å². The van der Waals surface area contributed by atoms with Crippen molar-refractivity contribution in [3.63, 3.8) is 0 Å². The van der Waals surface area contributed by atoms with E-state index in [1.807, 2.05) is 25.1 Å². The molecule has 0 saturated heterocycles. The van der Waals surface area contributed by atoms with Crippen molar-refractivity contribution in [1.29, 1.82) is 0 Å². The van der Waals surface area contributed by atoms with Gasteiger partial charge in [-0.1, -0.05) is 37.3 Å². The van der Waals surface area contributed by atoms with Crippen molar-refractivity contribution in [3.05, 3.63) is 29.3 Å². The predicted octanol–water partition coefficient (Wildman–Crippen LogP) is 3.86. The zero-order chi connectivity index (χ0) is 17.4. The SMILES string of the molecule is CCOc1ccccc1OCC(=O)Nc1nnc(C(CC)CC)s1. The van der Waals surface area contributed by atoms with Crippen LogP contribution in [0.25, 0.3) is 0 Å². The molecule has 2 aromatic rings. The van der Waals surface area contributed by atoms with Crippen molar-refractivity contribution in [3.8, 4) is 11.5 Å². The van der Waals surface area contributed by atoms with Crippen LogP contribution in [0.2, 0.25) is 0 Å². The third-order valence-electron chi connectivity index (χ3n) is 3.53. The first kappa shape index (κ1) is 18.2. The third kappa shape index (κ3) is 4.92. The van der Waals surface area contributed by atoms with E-state index in [4.69, 9.17) is 9.47 Å². The van der Waals surface area contributed by atoms with Crippen molar-refractivity contribution >= 4 is 22.4 Å². The van der Waals surface area contributed by atoms with Gasteiger partial charge < -0.3 is 9.47 Å². The first-order valence-corrected chi connectivity index (χ1v) is 8.97. The highest BCUT2D eigenvalue weighted by molar-refractivity contribution is 7.15. The molecule has 0 aliphatic heterocycles. The Bertz CT molecular complexity index is 656. The molecule has 130 valence electrons. The van der Waals surface area contributed by atoms with E-state index in [0.717, 1.165) is 17.8 Å². The van der Waals surface area contributed by atoms with E-state index in [0.29, 0.717) is 29.2 Å². The van der Waals surface area contributed by atoms with Gasteiger partial charge in [0.2, 0.25) is 5.13 Å². The maximum Gasteiger partial charge on any atom is 0.264 e. The van der Waals surface area contributed by atoms with E-state index in [1.54, 1.807) is 6.07 Å². The van der Waals surface area contributed by atoms with E-state index in [1.165, 1.54) is 11.3 Å². The molecule has 0 aliphatic carbocycles. The number of nitrogens with zero attached hydrogens (tertiary/aromatic N) is 2. The van der Waals surface area contributed by atoms with Crippen LogP contribution in [0.5, 0.6) is 11.5 Å². The Morgan fingerprint density at radius 3 is 2.42 bits per heavy atom. The second-order valence-corrected chi connectivity index (χ2v) is 6.18. The molecule has 1 heterocycles. The highest BCUT2D eigenvalue weighted by Gasteiger charge is 2.15. The lowest BCUT2D eigenvalue weighted by Crippen LogP contribution is -2.20. The number of amides is 1. The van der Waals surface area contributed by atoms with Gasteiger partial charge in [0, 0.05) is 5.92 Å². The maximum absolute atomic E-state index is 12.0. The minimum Gasteiger partial charge on any atom is -0.490 e. The number of carbonyl (C=O) groups is 1. The number of carbonyl (C=O) groups excluding carboxylic acids is 1. The molecular formula is C17H23N3O3S. The summed E-state index contributed by atoms with van der Waals surface area (Å²) in [5.74, 6) is 1.29. The van der Waals surface area contributed by atoms with Gasteiger partial charge in [0.1, 0.15) is 5.01 Å². The summed E-state index contributed by atoms with van der Waals surface area (Å²) in [6, 6.07) is 7.28. The fourth-order valence-corrected chi connectivity index (χ4v) is 3.26. The largest absolute Gasteiger partial charge is 0.490 e. The van der Waals surface area contributed by atoms with Crippen LogP contribution in [0.3, 0.4) is 0 Å². The highest BCUT2D eigenvalue weighted by atomic mass is 32.1. The fourth-order valence-electron chi connectivity index (χ4n) is 2.23. The fraction of sp³-hybridized carbons (Fsp3) is 0.471. The number of benzene rings is 1. The normalized spacial score (nSPS) is 10.7. The monoisotopic (exact) mass is 349 g/mol. The van der Waals surface area contributed by atoms with Gasteiger partial charge in [0.05, 0.1) is 6.61 Å². The van der Waals surface area contributed by atoms with Gasteiger partial charge in [0.15, 0.2) is 18.1 Å². The molecule has 0 radical (unpaired) electrons. The summed E-state index contributed by atoms with van der Waals surface area (Å²) in [5.41, 5.74) is 0. The number of hydrogen-bond acceptors (Lipinski definition) is 6. The number of nitrogens with one attached hydrogen (secondary N) is 1. The quantitative estimate of drug-likeness (QED) is 0.744. The Labute approximate surface area is 146 Å². The number of para-hydroxylation sites is 2. The van der Waals surface area contributed by atoms with Crippen LogP contribution in [0.4, 0.5) is 5.13 Å². The Morgan fingerprint density at radius 2 is 1.79 bits per heavy atom. The predicted molar refractivity (Wildman–Crippen MR) is 95.0 cm³/mol. The van der Waals surface area contributed by atoms with Crippen LogP contribution in [0.15, 0.2) is 24.3 Å². The standard InChI is InChI=1S/C17H23N3O3S/c1-4-12(5-2)16-19-20-17(24-16)18-15(21)11-23-14-10-8-7-9-13(14)22-6-3/h7-10,12H,4-6,11H2,1-3H3,(H,18,20,21). The molecule has 0 aliphatic rings. The van der Waals surface area contributed by atoms with E-state index in [2.05, 4.69) is 29.4 Å². The molecule has 24 heavy (non-hydrogen) atoms. The average molecular weight is 349 g/mol. The molecule has 1 aromatic carbocycles. The van der Waals surface area contributed by atoms with Crippen LogP contribution in [-0.2, 0) is 4.79 Å². The molecule has 0 spiro atoms. The Hall–Kier alpha value is -2.15. The minimum atomic E-state index is -0.270. The molecule has 0 fully saturated rings. The molecule has 1 N–H and O–H groups in total. The summed E-state index contributed by atoms with van der Waals surface area (Å²) in [6.07, 6.45) is 2.02. The number of anilines is 1. The maximum atomic E-state index is 12.0. The minimum absolute atomic E-state index is 0.107. The van der Waals surface area contributed by atoms with Gasteiger partial charge in [-0.3, -0.25) is 10.1 Å². The summed E-state index contributed by atoms with van der Waals surface area (Å²) in [4.78, 5) is 12.0. The average Bonchev–Trinajstić information content (AvgIpc) is 3.04. The van der Waals surface area contributed by atoms with Crippen LogP contribution in [0, 0.1) is 0 Å². The van der Waals surface area contributed by atoms with E-state index in [-0.39, 0.29) is 12.5 Å². The second-order valence-electron chi connectivity index (χ2n) is 5.18. The third-order valence-corrected chi connectivity index (χ3v) is 4.53. The number of rotatable bonds is 9. The smallest absolute Gasteiger partial charge is 0.264 e. The molecule has 0 unspecified atom stereocenters. The topological polar surface area (TPSA) is 73.3 Å². The van der Waals surface area contributed by atoms with Crippen LogP contribution < -0.4 is 14.8 Å². The van der Waals surface area contributed by atoms with Gasteiger partial charge >= 0.3 is 0 Å². The first-order valence-electron chi connectivity index (χ1n) is 8.15. The molecule has 0 saturated carbocycles. The molecule has 1 amide bonds. The van der Waals surface area contributed by atoms with Crippen LogP contribution in [-0.4, -0.2) is 29.3 Å². The van der Waals surface area contributed by atoms with Crippen LogP contribution in [0.1, 0.15) is 44.5 Å². The molecule has 0 bridgehead atoms. The lowest BCUT2D eigenvalue weighted by molar-refractivity contribution is -0.118. The zero-order valence-corrected chi connectivity index (χ0v) is 15.1. The number of hydrogen-bond donors (Lipinski definition) is 1. The summed E-state index contributed by atoms with van der Waals surface area (Å²) in [5, 5.41) is 12.4. The first-order chi connectivity index (χ1) is 11.7. The zero-order valence-electron chi connectivity index (χ0n) is 14.2. The molecular weight excluding hydrogens is 326 g/mol. The van der Waals surface area contributed by atoms with E-state index < -0.39 is 0 Å². The summed E-state index contributed by atoms with van der Waals surface area (Å²) >= 11 is 1.42. The van der Waals surface area contributed by atoms with Gasteiger partial charge in [-0.15, -0.1) is 10.2 Å². The molecule has 6 nitrogen and oxygen atoms in total. The molecule has 2 rings (SSSR count). The lowest BCUT2D eigenvalue weighted by atomic mass is 10.1. The van der Waals surface area contributed by atoms with Gasteiger partial charge in [0.25, 0.3) is 5.91 Å². The van der Waals surface area contributed by atoms with Crippen molar-refractivity contribution < 1.29 is 14.3 Å². The molecule has 7 heteroatoms. The highest BCUT2D eigenvalue weighted by Crippen LogP contribution is 2.28. The molecule has 0 atom stereocenters. The van der Waals surface area contributed by atoms with E-state index in [9.17, 15) is 4.79 Å². The second kappa shape index (κ2) is 9.22. The number of ether oxygens (including phenoxy) is 2. The Morgan fingerprint density at radius 1 is 1.12 bits per heavy atom. The van der Waals surface area contributed by atoms with Crippen molar-refractivity contribution in [1.82, 2.24) is 10.2 Å². The van der Waals surface area contributed by atoms with Gasteiger partial charge in [-0.05, 0) is 31.9 Å². The van der Waals surface area contributed by atoms with Gasteiger partial charge in [-0.25, -0.2) is 0 Å². The Kier molecular flexibility index (Phi) is 6.99. The van der Waals surface area contributed by atoms with Crippen molar-refractivity contribution in [2.24, 2.45) is 0 Å². The van der Waals surface area contributed by atoms with Crippen molar-refractivity contribution in [2.45, 2.75) is 39.5 Å². The van der Waals surface area contributed by atoms with E-state index >= 15 is 0 Å². The Balaban J connectivity index is 1.90. The molecule has 1 aromatic heterocycles. The number of aromatic nitrogens is 2. The summed E-state index contributed by atoms with van der Waals surface area (Å²) in [6.45, 7) is 6.57.